The van der Waals surface area contributed by atoms with Gasteiger partial charge in [-0.05, 0) is 61.2 Å². The molecule has 152 valence electrons. The second-order valence-electron chi connectivity index (χ2n) is 7.02. The van der Waals surface area contributed by atoms with Crippen molar-refractivity contribution in [1.82, 2.24) is 4.98 Å². The van der Waals surface area contributed by atoms with Crippen LogP contribution in [0.1, 0.15) is 45.5 Å². The fourth-order valence-electron chi connectivity index (χ4n) is 3.31. The van der Waals surface area contributed by atoms with Crippen LogP contribution in [0.3, 0.4) is 0 Å². The standard InChI is InChI=1S/C23H18Cl2N2O3/c24-19-9-6-15(11-20(19)25)23(29)27-16-7-10-22(26-13-16)30-17-8-5-14-3-1-2-4-21(28)18(14)12-17/h5-13H,1-4H2,(H,27,29). The number of pyridine rings is 1. The smallest absolute Gasteiger partial charge is 0.255 e. The molecule has 2 aromatic carbocycles. The molecule has 1 amide bonds. The van der Waals surface area contributed by atoms with Gasteiger partial charge in [0, 0.05) is 23.6 Å². The van der Waals surface area contributed by atoms with Crippen LogP contribution >= 0.6 is 23.2 Å². The fourth-order valence-corrected chi connectivity index (χ4v) is 3.61. The summed E-state index contributed by atoms with van der Waals surface area (Å²) < 4.78 is 5.80. The highest BCUT2D eigenvalue weighted by molar-refractivity contribution is 6.42. The predicted molar refractivity (Wildman–Crippen MR) is 117 cm³/mol. The zero-order valence-corrected chi connectivity index (χ0v) is 17.5. The number of ether oxygens (including phenoxy) is 1. The number of benzene rings is 2. The van der Waals surface area contributed by atoms with Gasteiger partial charge in [-0.1, -0.05) is 29.3 Å². The number of fused-ring (bicyclic) bond motifs is 1. The molecule has 0 atom stereocenters. The van der Waals surface area contributed by atoms with Crippen LogP contribution < -0.4 is 10.1 Å². The summed E-state index contributed by atoms with van der Waals surface area (Å²) >= 11 is 11.8. The van der Waals surface area contributed by atoms with Crippen LogP contribution in [0.4, 0.5) is 5.69 Å². The molecule has 4 rings (SSSR count). The summed E-state index contributed by atoms with van der Waals surface area (Å²) in [5.41, 5.74) is 2.70. The molecular formula is C23H18Cl2N2O3. The molecule has 0 bridgehead atoms. The van der Waals surface area contributed by atoms with Crippen LogP contribution in [0.2, 0.25) is 10.0 Å². The first-order chi connectivity index (χ1) is 14.5. The monoisotopic (exact) mass is 440 g/mol. The number of ketones is 1. The van der Waals surface area contributed by atoms with Crippen molar-refractivity contribution in [2.45, 2.75) is 25.7 Å². The number of hydrogen-bond acceptors (Lipinski definition) is 4. The Kier molecular flexibility index (Phi) is 6.02. The lowest BCUT2D eigenvalue weighted by Gasteiger charge is -2.10. The first-order valence-electron chi connectivity index (χ1n) is 9.56. The predicted octanol–water partition coefficient (Wildman–Crippen LogP) is 6.34. The molecule has 1 aliphatic rings. The van der Waals surface area contributed by atoms with Crippen molar-refractivity contribution in [2.24, 2.45) is 0 Å². The summed E-state index contributed by atoms with van der Waals surface area (Å²) in [5, 5.41) is 3.44. The van der Waals surface area contributed by atoms with Crippen molar-refractivity contribution >= 4 is 40.6 Å². The summed E-state index contributed by atoms with van der Waals surface area (Å²) in [6.07, 6.45) is 4.92. The Morgan fingerprint density at radius 1 is 0.967 bits per heavy atom. The lowest BCUT2D eigenvalue weighted by molar-refractivity contribution is 0.0980. The van der Waals surface area contributed by atoms with E-state index in [0.717, 1.165) is 30.4 Å². The highest BCUT2D eigenvalue weighted by Gasteiger charge is 2.16. The second-order valence-corrected chi connectivity index (χ2v) is 7.83. The van der Waals surface area contributed by atoms with Crippen molar-refractivity contribution in [1.29, 1.82) is 0 Å². The van der Waals surface area contributed by atoms with Gasteiger partial charge in [-0.3, -0.25) is 9.59 Å². The topological polar surface area (TPSA) is 68.3 Å². The maximum atomic E-state index is 12.3. The summed E-state index contributed by atoms with van der Waals surface area (Å²) in [7, 11) is 0. The van der Waals surface area contributed by atoms with Gasteiger partial charge in [0.1, 0.15) is 5.75 Å². The lowest BCUT2D eigenvalue weighted by Crippen LogP contribution is -2.12. The number of hydrogen-bond donors (Lipinski definition) is 1. The molecule has 7 heteroatoms. The third-order valence-electron chi connectivity index (χ3n) is 4.88. The Hall–Kier alpha value is -2.89. The molecule has 1 aliphatic carbocycles. The van der Waals surface area contributed by atoms with Gasteiger partial charge in [-0.25, -0.2) is 4.98 Å². The maximum absolute atomic E-state index is 12.3. The molecule has 30 heavy (non-hydrogen) atoms. The molecule has 0 spiro atoms. The lowest BCUT2D eigenvalue weighted by atomic mass is 10.0. The average molecular weight is 441 g/mol. The molecule has 3 aromatic rings. The van der Waals surface area contributed by atoms with E-state index in [9.17, 15) is 9.59 Å². The van der Waals surface area contributed by atoms with Crippen LogP contribution in [-0.2, 0) is 6.42 Å². The molecule has 1 N–H and O–H groups in total. The third-order valence-corrected chi connectivity index (χ3v) is 5.62. The van der Waals surface area contributed by atoms with Gasteiger partial charge in [-0.15, -0.1) is 0 Å². The molecule has 1 heterocycles. The molecule has 0 saturated carbocycles. The van der Waals surface area contributed by atoms with E-state index in [0.29, 0.717) is 39.3 Å². The maximum Gasteiger partial charge on any atom is 0.255 e. The van der Waals surface area contributed by atoms with Crippen LogP contribution in [0, 0.1) is 0 Å². The number of nitrogens with zero attached hydrogens (tertiary/aromatic N) is 1. The SMILES string of the molecule is O=C(Nc1ccc(Oc2ccc3c(c2)C(=O)CCCC3)nc1)c1ccc(Cl)c(Cl)c1. The van der Waals surface area contributed by atoms with Crippen LogP contribution in [0.5, 0.6) is 11.6 Å². The van der Waals surface area contributed by atoms with E-state index in [4.69, 9.17) is 27.9 Å². The first kappa shape index (κ1) is 20.4. The summed E-state index contributed by atoms with van der Waals surface area (Å²) in [6, 6.07) is 13.6. The van der Waals surface area contributed by atoms with Crippen LogP contribution in [-0.4, -0.2) is 16.7 Å². The Balaban J connectivity index is 1.44. The zero-order valence-electron chi connectivity index (χ0n) is 16.0. The number of aromatic nitrogens is 1. The van der Waals surface area contributed by atoms with E-state index < -0.39 is 0 Å². The molecule has 0 radical (unpaired) electrons. The zero-order chi connectivity index (χ0) is 21.1. The van der Waals surface area contributed by atoms with Crippen molar-refractivity contribution in [3.05, 3.63) is 81.5 Å². The largest absolute Gasteiger partial charge is 0.439 e. The number of rotatable bonds is 4. The Morgan fingerprint density at radius 3 is 2.57 bits per heavy atom. The Bertz CT molecular complexity index is 1110. The van der Waals surface area contributed by atoms with Gasteiger partial charge < -0.3 is 10.1 Å². The summed E-state index contributed by atoms with van der Waals surface area (Å²) in [5.74, 6) is 0.752. The van der Waals surface area contributed by atoms with Crippen molar-refractivity contribution < 1.29 is 14.3 Å². The van der Waals surface area contributed by atoms with Gasteiger partial charge in [0.05, 0.1) is 21.9 Å². The van der Waals surface area contributed by atoms with Gasteiger partial charge in [0.2, 0.25) is 5.88 Å². The number of nitrogens with one attached hydrogen (secondary N) is 1. The number of carbonyl (C=O) groups excluding carboxylic acids is 2. The molecule has 0 saturated heterocycles. The van der Waals surface area contributed by atoms with Gasteiger partial charge in [0.15, 0.2) is 5.78 Å². The van der Waals surface area contributed by atoms with Gasteiger partial charge in [-0.2, -0.15) is 0 Å². The number of halogens is 2. The number of amides is 1. The highest BCUT2D eigenvalue weighted by atomic mass is 35.5. The molecule has 0 aliphatic heterocycles. The normalized spacial score (nSPS) is 13.3. The molecular weight excluding hydrogens is 423 g/mol. The molecule has 0 fully saturated rings. The number of carbonyl (C=O) groups is 2. The van der Waals surface area contributed by atoms with E-state index in [1.807, 2.05) is 12.1 Å². The van der Waals surface area contributed by atoms with Crippen molar-refractivity contribution in [2.75, 3.05) is 5.32 Å². The average Bonchev–Trinajstić information content (AvgIpc) is 2.93. The minimum absolute atomic E-state index is 0.154. The molecule has 5 nitrogen and oxygen atoms in total. The van der Waals surface area contributed by atoms with E-state index in [-0.39, 0.29) is 11.7 Å². The Morgan fingerprint density at radius 2 is 1.80 bits per heavy atom. The van der Waals surface area contributed by atoms with Gasteiger partial charge in [0.25, 0.3) is 5.91 Å². The quantitative estimate of drug-likeness (QED) is 0.480. The van der Waals surface area contributed by atoms with E-state index >= 15 is 0 Å². The second kappa shape index (κ2) is 8.86. The first-order valence-corrected chi connectivity index (χ1v) is 10.3. The minimum Gasteiger partial charge on any atom is -0.439 e. The van der Waals surface area contributed by atoms with Gasteiger partial charge >= 0.3 is 0 Å². The van der Waals surface area contributed by atoms with Crippen molar-refractivity contribution in [3.63, 3.8) is 0 Å². The number of Topliss-reactive ketones (excluding diaryl/α,β-unsaturated/α-hetero) is 1. The highest BCUT2D eigenvalue weighted by Crippen LogP contribution is 2.28. The third kappa shape index (κ3) is 4.64. The molecule has 0 unspecified atom stereocenters. The molecule has 1 aromatic heterocycles. The van der Waals surface area contributed by atoms with E-state index in [1.165, 1.54) is 12.3 Å². The van der Waals surface area contributed by atoms with E-state index in [1.54, 1.807) is 30.3 Å². The van der Waals surface area contributed by atoms with Crippen LogP contribution in [0.15, 0.2) is 54.7 Å². The number of anilines is 1. The summed E-state index contributed by atoms with van der Waals surface area (Å²) in [6.45, 7) is 0. The minimum atomic E-state index is -0.326. The van der Waals surface area contributed by atoms with Crippen LogP contribution in [0.25, 0.3) is 0 Å². The number of aryl methyl sites for hydroxylation is 1. The van der Waals surface area contributed by atoms with E-state index in [2.05, 4.69) is 10.3 Å². The van der Waals surface area contributed by atoms with Crippen molar-refractivity contribution in [3.8, 4) is 11.6 Å². The fraction of sp³-hybridized carbons (Fsp3) is 0.174. The summed E-state index contributed by atoms with van der Waals surface area (Å²) in [4.78, 5) is 28.9. The Labute approximate surface area is 184 Å².